The lowest BCUT2D eigenvalue weighted by Crippen LogP contribution is -1.67. The quantitative estimate of drug-likeness (QED) is 0.485. The van der Waals surface area contributed by atoms with Gasteiger partial charge in [-0.05, 0) is 5.92 Å². The standard InChI is InChI=1S/C7H7NO/c1-2-3-4-7-5-6-9-8-7/h5-6H,2H2,1H3. The maximum absolute atomic E-state index is 4.56. The average Bonchev–Trinajstić information content (AvgIpc) is 2.34. The Morgan fingerprint density at radius 3 is 3.22 bits per heavy atom. The zero-order chi connectivity index (χ0) is 6.53. The molecule has 0 N–H and O–H groups in total. The van der Waals surface area contributed by atoms with E-state index in [1.54, 1.807) is 6.07 Å². The van der Waals surface area contributed by atoms with Gasteiger partial charge in [0, 0.05) is 12.5 Å². The fourth-order valence-corrected chi connectivity index (χ4v) is 0.456. The fourth-order valence-electron chi connectivity index (χ4n) is 0.456. The molecule has 0 unspecified atom stereocenters. The van der Waals surface area contributed by atoms with Crippen LogP contribution in [0.4, 0.5) is 0 Å². The van der Waals surface area contributed by atoms with Crippen molar-refractivity contribution in [2.45, 2.75) is 13.3 Å². The molecule has 0 amide bonds. The van der Waals surface area contributed by atoms with Gasteiger partial charge in [-0.25, -0.2) is 0 Å². The van der Waals surface area contributed by atoms with Gasteiger partial charge in [-0.15, -0.1) is 0 Å². The molecule has 0 aliphatic rings. The highest BCUT2D eigenvalue weighted by atomic mass is 16.5. The van der Waals surface area contributed by atoms with Gasteiger partial charge in [-0.3, -0.25) is 0 Å². The molecule has 0 radical (unpaired) electrons. The molecule has 0 spiro atoms. The van der Waals surface area contributed by atoms with E-state index in [4.69, 9.17) is 0 Å². The first-order chi connectivity index (χ1) is 4.43. The van der Waals surface area contributed by atoms with E-state index in [0.29, 0.717) is 5.69 Å². The molecule has 0 atom stereocenters. The largest absolute Gasteiger partial charge is 0.363 e. The number of aromatic nitrogens is 1. The Balaban J connectivity index is 2.67. The first-order valence-electron chi connectivity index (χ1n) is 2.82. The summed E-state index contributed by atoms with van der Waals surface area (Å²) in [5.74, 6) is 5.70. The second-order valence-corrected chi connectivity index (χ2v) is 1.54. The topological polar surface area (TPSA) is 26.0 Å². The zero-order valence-corrected chi connectivity index (χ0v) is 5.22. The molecule has 0 saturated carbocycles. The van der Waals surface area contributed by atoms with Crippen LogP contribution in [0.15, 0.2) is 16.9 Å². The maximum atomic E-state index is 4.56. The summed E-state index contributed by atoms with van der Waals surface area (Å²) in [6.45, 7) is 1.99. The minimum absolute atomic E-state index is 0.705. The summed E-state index contributed by atoms with van der Waals surface area (Å²) in [4.78, 5) is 0. The van der Waals surface area contributed by atoms with E-state index < -0.39 is 0 Å². The minimum atomic E-state index is 0.705. The van der Waals surface area contributed by atoms with Crippen LogP contribution >= 0.6 is 0 Å². The number of nitrogens with zero attached hydrogens (tertiary/aromatic N) is 1. The summed E-state index contributed by atoms with van der Waals surface area (Å²) in [6, 6.07) is 1.74. The summed E-state index contributed by atoms with van der Waals surface area (Å²) in [7, 11) is 0. The highest BCUT2D eigenvalue weighted by Crippen LogP contribution is 1.89. The smallest absolute Gasteiger partial charge is 0.156 e. The average molecular weight is 121 g/mol. The van der Waals surface area contributed by atoms with Gasteiger partial charge >= 0.3 is 0 Å². The van der Waals surface area contributed by atoms with Crippen LogP contribution in [0.25, 0.3) is 0 Å². The number of rotatable bonds is 0. The molecule has 46 valence electrons. The summed E-state index contributed by atoms with van der Waals surface area (Å²) in [6.07, 6.45) is 2.37. The lowest BCUT2D eigenvalue weighted by atomic mass is 10.4. The second-order valence-electron chi connectivity index (χ2n) is 1.54. The molecule has 1 rings (SSSR count). The van der Waals surface area contributed by atoms with Crippen LogP contribution in [0.2, 0.25) is 0 Å². The van der Waals surface area contributed by atoms with Crippen LogP contribution in [0.5, 0.6) is 0 Å². The van der Waals surface area contributed by atoms with Gasteiger partial charge in [0.15, 0.2) is 5.69 Å². The Morgan fingerprint density at radius 1 is 1.78 bits per heavy atom. The summed E-state index contributed by atoms with van der Waals surface area (Å²) in [5, 5.41) is 3.61. The Bertz CT molecular complexity index is 215. The molecule has 9 heavy (non-hydrogen) atoms. The lowest BCUT2D eigenvalue weighted by Gasteiger charge is -1.69. The van der Waals surface area contributed by atoms with Crippen LogP contribution in [0, 0.1) is 11.8 Å². The third-order valence-electron chi connectivity index (χ3n) is 0.831. The Labute approximate surface area is 53.9 Å². The van der Waals surface area contributed by atoms with Gasteiger partial charge in [-0.1, -0.05) is 18.0 Å². The summed E-state index contributed by atoms with van der Waals surface area (Å²) >= 11 is 0. The van der Waals surface area contributed by atoms with Crippen LogP contribution in [-0.2, 0) is 0 Å². The second kappa shape index (κ2) is 2.93. The number of hydrogen-bond donors (Lipinski definition) is 0. The summed E-state index contributed by atoms with van der Waals surface area (Å²) in [5.41, 5.74) is 0.705. The first-order valence-corrected chi connectivity index (χ1v) is 2.82. The van der Waals surface area contributed by atoms with E-state index in [2.05, 4.69) is 21.5 Å². The van der Waals surface area contributed by atoms with Crippen molar-refractivity contribution < 1.29 is 4.52 Å². The molecular formula is C7H7NO. The van der Waals surface area contributed by atoms with Gasteiger partial charge in [-0.2, -0.15) is 0 Å². The normalized spacial score (nSPS) is 8.11. The van der Waals surface area contributed by atoms with Crippen LogP contribution in [-0.4, -0.2) is 5.16 Å². The van der Waals surface area contributed by atoms with Crippen molar-refractivity contribution in [1.29, 1.82) is 0 Å². The number of hydrogen-bond acceptors (Lipinski definition) is 2. The van der Waals surface area contributed by atoms with E-state index >= 15 is 0 Å². The Morgan fingerprint density at radius 2 is 2.67 bits per heavy atom. The maximum Gasteiger partial charge on any atom is 0.156 e. The Kier molecular flexibility index (Phi) is 1.92. The SMILES string of the molecule is CCC#Cc1ccon1. The fraction of sp³-hybridized carbons (Fsp3) is 0.286. The van der Waals surface area contributed by atoms with Crippen molar-refractivity contribution in [1.82, 2.24) is 5.16 Å². The molecule has 1 aromatic rings. The predicted octanol–water partition coefficient (Wildman–Crippen LogP) is 1.44. The molecule has 0 aliphatic heterocycles. The molecule has 1 heterocycles. The monoisotopic (exact) mass is 121 g/mol. The third kappa shape index (κ3) is 1.61. The molecule has 0 bridgehead atoms. The molecule has 0 saturated heterocycles. The van der Waals surface area contributed by atoms with E-state index in [9.17, 15) is 0 Å². The van der Waals surface area contributed by atoms with Gasteiger partial charge in [0.2, 0.25) is 0 Å². The van der Waals surface area contributed by atoms with Crippen molar-refractivity contribution in [2.75, 3.05) is 0 Å². The van der Waals surface area contributed by atoms with E-state index in [0.717, 1.165) is 6.42 Å². The molecular weight excluding hydrogens is 114 g/mol. The predicted molar refractivity (Wildman–Crippen MR) is 33.7 cm³/mol. The highest BCUT2D eigenvalue weighted by molar-refractivity contribution is 5.24. The van der Waals surface area contributed by atoms with Gasteiger partial charge in [0.25, 0.3) is 0 Å². The molecule has 0 fully saturated rings. The minimum Gasteiger partial charge on any atom is -0.363 e. The van der Waals surface area contributed by atoms with Gasteiger partial charge in [0.05, 0.1) is 0 Å². The third-order valence-corrected chi connectivity index (χ3v) is 0.831. The zero-order valence-electron chi connectivity index (χ0n) is 5.22. The van der Waals surface area contributed by atoms with Crippen molar-refractivity contribution in [3.63, 3.8) is 0 Å². The van der Waals surface area contributed by atoms with Gasteiger partial charge < -0.3 is 4.52 Å². The molecule has 0 aliphatic carbocycles. The van der Waals surface area contributed by atoms with E-state index in [1.165, 1.54) is 6.26 Å². The molecule has 2 heteroatoms. The van der Waals surface area contributed by atoms with Crippen molar-refractivity contribution in [3.8, 4) is 11.8 Å². The van der Waals surface area contributed by atoms with Gasteiger partial charge in [0.1, 0.15) is 6.26 Å². The van der Waals surface area contributed by atoms with Crippen LogP contribution < -0.4 is 0 Å². The molecule has 2 nitrogen and oxygen atoms in total. The van der Waals surface area contributed by atoms with E-state index in [-0.39, 0.29) is 0 Å². The van der Waals surface area contributed by atoms with Crippen LogP contribution in [0.1, 0.15) is 19.0 Å². The molecule has 1 aromatic heterocycles. The van der Waals surface area contributed by atoms with Crippen molar-refractivity contribution in [3.05, 3.63) is 18.0 Å². The lowest BCUT2D eigenvalue weighted by molar-refractivity contribution is 0.418. The van der Waals surface area contributed by atoms with Crippen LogP contribution in [0.3, 0.4) is 0 Å². The van der Waals surface area contributed by atoms with Crippen molar-refractivity contribution >= 4 is 0 Å². The highest BCUT2D eigenvalue weighted by Gasteiger charge is 1.84. The molecule has 0 aromatic carbocycles. The first kappa shape index (κ1) is 5.90. The van der Waals surface area contributed by atoms with Crippen molar-refractivity contribution in [2.24, 2.45) is 0 Å². The Hall–Kier alpha value is -1.23. The van der Waals surface area contributed by atoms with E-state index in [1.807, 2.05) is 6.92 Å². The summed E-state index contributed by atoms with van der Waals surface area (Å²) < 4.78 is 4.56.